The van der Waals surface area contributed by atoms with Gasteiger partial charge in [0, 0.05) is 12.6 Å². The number of benzene rings is 2. The summed E-state index contributed by atoms with van der Waals surface area (Å²) >= 11 is 1.22. The topological polar surface area (TPSA) is 127 Å². The van der Waals surface area contributed by atoms with Crippen molar-refractivity contribution in [1.82, 2.24) is 14.7 Å². The van der Waals surface area contributed by atoms with E-state index in [1.807, 2.05) is 35.1 Å². The van der Waals surface area contributed by atoms with Crippen molar-refractivity contribution in [3.63, 3.8) is 0 Å². The number of nitrogens with zero attached hydrogens (tertiary/aromatic N) is 2. The second-order valence-corrected chi connectivity index (χ2v) is 10.0. The first-order valence-corrected chi connectivity index (χ1v) is 12.4. The van der Waals surface area contributed by atoms with Crippen LogP contribution in [-0.4, -0.2) is 30.3 Å². The fraction of sp³-hybridized carbons (Fsp3) is 0.130. The van der Waals surface area contributed by atoms with Gasteiger partial charge in [-0.25, -0.2) is 27.9 Å². The zero-order chi connectivity index (χ0) is 24.3. The summed E-state index contributed by atoms with van der Waals surface area (Å²) in [6, 6.07) is 15.3. The van der Waals surface area contributed by atoms with E-state index in [2.05, 4.69) is 15.3 Å². The number of amides is 1. The highest BCUT2D eigenvalue weighted by molar-refractivity contribution is 7.90. The Kier molecular flexibility index (Phi) is 6.57. The molecule has 0 saturated carbocycles. The third kappa shape index (κ3) is 5.05. The van der Waals surface area contributed by atoms with Crippen molar-refractivity contribution in [2.45, 2.75) is 25.3 Å². The highest BCUT2D eigenvalue weighted by Gasteiger charge is 2.21. The molecule has 2 N–H and O–H groups in total. The zero-order valence-corrected chi connectivity index (χ0v) is 19.9. The predicted octanol–water partition coefficient (Wildman–Crippen LogP) is 3.93. The number of anilines is 2. The molecule has 2 aromatic heterocycles. The van der Waals surface area contributed by atoms with Gasteiger partial charge in [0.05, 0.1) is 10.3 Å². The number of hydrogen-bond acceptors (Lipinski definition) is 9. The summed E-state index contributed by atoms with van der Waals surface area (Å²) in [6.07, 6.45) is 1.38. The number of aromatic nitrogens is 2. The monoisotopic (exact) mass is 496 g/mol. The molecule has 0 aliphatic heterocycles. The van der Waals surface area contributed by atoms with Gasteiger partial charge in [-0.1, -0.05) is 30.3 Å². The number of sulfonamides is 1. The number of hydrogen-bond donors (Lipinski definition) is 2. The number of aryl methyl sites for hydroxylation is 1. The standard InChI is InChI=1S/C23H20N4O5S2/c1-14-19-21(26-17-8-10-18(11-9-17)34(30,31)27-15(2)28)24-13-25-22(19)33-20(14)23(29)32-12-16-6-4-3-5-7-16/h3-11,13H,12H2,1-2H3,(H,27,28)(H,24,25,26). The summed E-state index contributed by atoms with van der Waals surface area (Å²) in [5, 5.41) is 3.81. The maximum atomic E-state index is 12.7. The van der Waals surface area contributed by atoms with E-state index in [-0.39, 0.29) is 11.5 Å². The van der Waals surface area contributed by atoms with E-state index >= 15 is 0 Å². The van der Waals surface area contributed by atoms with Gasteiger partial charge in [-0.15, -0.1) is 11.3 Å². The van der Waals surface area contributed by atoms with Gasteiger partial charge in [-0.05, 0) is 42.3 Å². The van der Waals surface area contributed by atoms with Crippen LogP contribution >= 0.6 is 11.3 Å². The van der Waals surface area contributed by atoms with Crippen molar-refractivity contribution in [3.05, 3.63) is 76.9 Å². The molecule has 0 radical (unpaired) electrons. The molecule has 0 atom stereocenters. The molecule has 4 rings (SSSR count). The van der Waals surface area contributed by atoms with Crippen LogP contribution in [0.25, 0.3) is 10.2 Å². The third-order valence-corrected chi connectivity index (χ3v) is 7.46. The summed E-state index contributed by atoms with van der Waals surface area (Å²) in [7, 11) is -3.93. The smallest absolute Gasteiger partial charge is 0.349 e. The molecule has 34 heavy (non-hydrogen) atoms. The van der Waals surface area contributed by atoms with Crippen molar-refractivity contribution in [2.24, 2.45) is 0 Å². The van der Waals surface area contributed by atoms with Gasteiger partial charge >= 0.3 is 5.97 Å². The SMILES string of the molecule is CC(=O)NS(=O)(=O)c1ccc(Nc2ncnc3sc(C(=O)OCc4ccccc4)c(C)c23)cc1. The predicted molar refractivity (Wildman–Crippen MR) is 128 cm³/mol. The maximum absolute atomic E-state index is 12.7. The fourth-order valence-electron chi connectivity index (χ4n) is 3.25. The Morgan fingerprint density at radius 3 is 2.41 bits per heavy atom. The Morgan fingerprint density at radius 2 is 1.74 bits per heavy atom. The van der Waals surface area contributed by atoms with E-state index in [1.165, 1.54) is 29.8 Å². The molecule has 0 bridgehead atoms. The molecule has 4 aromatic rings. The lowest BCUT2D eigenvalue weighted by molar-refractivity contribution is -0.117. The molecule has 2 heterocycles. The van der Waals surface area contributed by atoms with Crippen LogP contribution in [0.4, 0.5) is 11.5 Å². The van der Waals surface area contributed by atoms with E-state index < -0.39 is 21.9 Å². The Hall–Kier alpha value is -3.83. The lowest BCUT2D eigenvalue weighted by Gasteiger charge is -2.09. The Morgan fingerprint density at radius 1 is 1.03 bits per heavy atom. The van der Waals surface area contributed by atoms with Gasteiger partial charge < -0.3 is 10.1 Å². The summed E-state index contributed by atoms with van der Waals surface area (Å²) in [4.78, 5) is 33.4. The minimum absolute atomic E-state index is 0.0451. The van der Waals surface area contributed by atoms with Crippen LogP contribution in [0, 0.1) is 6.92 Å². The van der Waals surface area contributed by atoms with Crippen LogP contribution in [0.5, 0.6) is 0 Å². The van der Waals surface area contributed by atoms with E-state index in [1.54, 1.807) is 19.1 Å². The molecule has 2 aromatic carbocycles. The summed E-state index contributed by atoms with van der Waals surface area (Å²) in [5.74, 6) is -0.641. The van der Waals surface area contributed by atoms with Crippen molar-refractivity contribution in [3.8, 4) is 0 Å². The van der Waals surface area contributed by atoms with E-state index in [9.17, 15) is 18.0 Å². The number of ether oxygens (including phenoxy) is 1. The highest BCUT2D eigenvalue weighted by atomic mass is 32.2. The van der Waals surface area contributed by atoms with Crippen LogP contribution in [0.1, 0.15) is 27.7 Å². The normalized spacial score (nSPS) is 11.2. The Balaban J connectivity index is 1.56. The van der Waals surface area contributed by atoms with E-state index in [4.69, 9.17) is 4.74 Å². The van der Waals surface area contributed by atoms with Crippen LogP contribution in [0.15, 0.2) is 65.8 Å². The average molecular weight is 497 g/mol. The number of fused-ring (bicyclic) bond motifs is 1. The van der Waals surface area contributed by atoms with E-state index in [0.717, 1.165) is 12.5 Å². The molecule has 0 aliphatic rings. The first-order valence-electron chi connectivity index (χ1n) is 10.1. The minimum Gasteiger partial charge on any atom is -0.457 e. The second kappa shape index (κ2) is 9.57. The van der Waals surface area contributed by atoms with Gasteiger partial charge in [0.2, 0.25) is 5.91 Å². The molecule has 0 aliphatic carbocycles. The van der Waals surface area contributed by atoms with Crippen molar-refractivity contribution >= 4 is 55.0 Å². The van der Waals surface area contributed by atoms with Gasteiger partial charge in [0.25, 0.3) is 10.0 Å². The number of carbonyl (C=O) groups is 2. The number of rotatable bonds is 7. The number of carbonyl (C=O) groups excluding carboxylic acids is 2. The van der Waals surface area contributed by atoms with Crippen molar-refractivity contribution < 1.29 is 22.7 Å². The fourth-order valence-corrected chi connectivity index (χ4v) is 5.29. The molecule has 0 spiro atoms. The van der Waals surface area contributed by atoms with E-state index in [0.29, 0.717) is 32.2 Å². The largest absolute Gasteiger partial charge is 0.457 e. The lowest BCUT2D eigenvalue weighted by atomic mass is 10.2. The van der Waals surface area contributed by atoms with Gasteiger partial charge in [-0.2, -0.15) is 0 Å². The second-order valence-electron chi connectivity index (χ2n) is 7.33. The van der Waals surface area contributed by atoms with Crippen LogP contribution < -0.4 is 10.0 Å². The maximum Gasteiger partial charge on any atom is 0.349 e. The quantitative estimate of drug-likeness (QED) is 0.369. The van der Waals surface area contributed by atoms with Crippen LogP contribution in [-0.2, 0) is 26.2 Å². The summed E-state index contributed by atoms with van der Waals surface area (Å²) in [5.41, 5.74) is 2.15. The lowest BCUT2D eigenvalue weighted by Crippen LogP contribution is -2.28. The summed E-state index contributed by atoms with van der Waals surface area (Å²) < 4.78 is 31.6. The van der Waals surface area contributed by atoms with Crippen LogP contribution in [0.2, 0.25) is 0 Å². The van der Waals surface area contributed by atoms with Gasteiger partial charge in [0.15, 0.2) is 0 Å². The van der Waals surface area contributed by atoms with Gasteiger partial charge in [0.1, 0.15) is 28.5 Å². The number of nitrogens with one attached hydrogen (secondary N) is 2. The third-order valence-electron chi connectivity index (χ3n) is 4.83. The molecular formula is C23H20N4O5S2. The highest BCUT2D eigenvalue weighted by Crippen LogP contribution is 2.35. The average Bonchev–Trinajstić information content (AvgIpc) is 3.15. The molecule has 0 unspecified atom stereocenters. The molecular weight excluding hydrogens is 476 g/mol. The molecule has 0 fully saturated rings. The van der Waals surface area contributed by atoms with Crippen molar-refractivity contribution in [1.29, 1.82) is 0 Å². The Labute approximate surface area is 199 Å². The first kappa shape index (κ1) is 23.3. The molecule has 9 nitrogen and oxygen atoms in total. The first-order chi connectivity index (χ1) is 16.2. The zero-order valence-electron chi connectivity index (χ0n) is 18.2. The molecule has 0 saturated heterocycles. The van der Waals surface area contributed by atoms with Crippen LogP contribution in [0.3, 0.4) is 0 Å². The molecule has 174 valence electrons. The molecule has 1 amide bonds. The summed E-state index contributed by atoms with van der Waals surface area (Å²) in [6.45, 7) is 3.09. The van der Waals surface area contributed by atoms with Gasteiger partial charge in [-0.3, -0.25) is 4.79 Å². The number of thiophene rings is 1. The Bertz CT molecular complexity index is 1470. The minimum atomic E-state index is -3.93. The van der Waals surface area contributed by atoms with Crippen molar-refractivity contribution in [2.75, 3.05) is 5.32 Å². The molecule has 11 heteroatoms. The number of esters is 1.